The molecule has 0 fully saturated rings. The van der Waals surface area contributed by atoms with Crippen molar-refractivity contribution in [2.24, 2.45) is 0 Å². The van der Waals surface area contributed by atoms with Gasteiger partial charge >= 0.3 is 0 Å². The van der Waals surface area contributed by atoms with Crippen molar-refractivity contribution in [1.82, 2.24) is 5.32 Å². The van der Waals surface area contributed by atoms with Crippen LogP contribution in [0.1, 0.15) is 35.9 Å². The number of amides is 2. The molecule has 4 rings (SSSR count). The molecular weight excluding hydrogens is 394 g/mol. The number of carbonyl (C=O) groups is 2. The largest absolute Gasteiger partial charge is 0.322 e. The molecule has 6 heteroatoms. The molecule has 1 aromatic heterocycles. The summed E-state index contributed by atoms with van der Waals surface area (Å²) in [7, 11) is 0. The Morgan fingerprint density at radius 1 is 1.10 bits per heavy atom. The second kappa shape index (κ2) is 8.05. The molecule has 154 valence electrons. The minimum absolute atomic E-state index is 0.0912. The molecule has 0 bridgehead atoms. The van der Waals surface area contributed by atoms with Gasteiger partial charge in [-0.05, 0) is 49.9 Å². The van der Waals surface area contributed by atoms with Crippen LogP contribution in [0, 0.1) is 6.92 Å². The van der Waals surface area contributed by atoms with Crippen molar-refractivity contribution in [3.8, 4) is 0 Å². The molecular formula is C24H25N3O2S. The normalized spacial score (nSPS) is 16.0. The van der Waals surface area contributed by atoms with Gasteiger partial charge in [-0.3, -0.25) is 19.8 Å². The first-order valence-corrected chi connectivity index (χ1v) is 10.8. The highest BCUT2D eigenvalue weighted by atomic mass is 32.1. The summed E-state index contributed by atoms with van der Waals surface area (Å²) in [5.41, 5.74) is 2.69. The summed E-state index contributed by atoms with van der Waals surface area (Å²) in [6.07, 6.45) is 0. The third-order valence-electron chi connectivity index (χ3n) is 5.45. The molecule has 0 saturated heterocycles. The van der Waals surface area contributed by atoms with Crippen LogP contribution in [0.3, 0.4) is 0 Å². The fraction of sp³-hybridized carbons (Fsp3) is 0.250. The van der Waals surface area contributed by atoms with Crippen molar-refractivity contribution in [3.05, 3.63) is 82.0 Å². The van der Waals surface area contributed by atoms with Crippen LogP contribution in [0.5, 0.6) is 0 Å². The molecule has 2 aromatic carbocycles. The van der Waals surface area contributed by atoms with Crippen molar-refractivity contribution in [2.75, 3.05) is 16.8 Å². The van der Waals surface area contributed by atoms with Gasteiger partial charge in [-0.15, -0.1) is 11.3 Å². The molecule has 2 heterocycles. The van der Waals surface area contributed by atoms with Crippen LogP contribution in [0.2, 0.25) is 0 Å². The first-order chi connectivity index (χ1) is 14.4. The maximum atomic E-state index is 13.4. The molecule has 0 saturated carbocycles. The van der Waals surface area contributed by atoms with E-state index < -0.39 is 5.54 Å². The quantitative estimate of drug-likeness (QED) is 0.640. The number of aryl methyl sites for hydroxylation is 1. The van der Waals surface area contributed by atoms with E-state index in [2.05, 4.69) is 47.9 Å². The average molecular weight is 420 g/mol. The molecule has 1 aliphatic heterocycles. The lowest BCUT2D eigenvalue weighted by molar-refractivity contribution is -0.126. The third-order valence-corrected chi connectivity index (χ3v) is 6.39. The Bertz CT molecular complexity index is 1060. The Hall–Kier alpha value is -2.96. The average Bonchev–Trinajstić information content (AvgIpc) is 3.24. The number of hydrogen-bond acceptors (Lipinski definition) is 4. The summed E-state index contributed by atoms with van der Waals surface area (Å²) >= 11 is 1.65. The molecule has 5 nitrogen and oxygen atoms in total. The van der Waals surface area contributed by atoms with Crippen molar-refractivity contribution in [1.29, 1.82) is 0 Å². The molecule has 1 aliphatic rings. The summed E-state index contributed by atoms with van der Waals surface area (Å²) in [4.78, 5) is 28.8. The zero-order valence-corrected chi connectivity index (χ0v) is 18.1. The van der Waals surface area contributed by atoms with Crippen LogP contribution in [0.4, 0.5) is 11.4 Å². The summed E-state index contributed by atoms with van der Waals surface area (Å²) in [6.45, 7) is 5.71. The van der Waals surface area contributed by atoms with Crippen LogP contribution in [0.15, 0.2) is 66.0 Å². The fourth-order valence-electron chi connectivity index (χ4n) is 3.76. The number of rotatable bonds is 5. The van der Waals surface area contributed by atoms with Crippen LogP contribution < -0.4 is 15.5 Å². The van der Waals surface area contributed by atoms with Gasteiger partial charge in [0.2, 0.25) is 11.8 Å². The second-order valence-electron chi connectivity index (χ2n) is 8.00. The highest BCUT2D eigenvalue weighted by molar-refractivity contribution is 7.10. The van der Waals surface area contributed by atoms with E-state index in [4.69, 9.17) is 0 Å². The third kappa shape index (κ3) is 3.76. The van der Waals surface area contributed by atoms with E-state index in [1.165, 1.54) is 5.56 Å². The van der Waals surface area contributed by atoms with Gasteiger partial charge in [0.15, 0.2) is 0 Å². The predicted molar refractivity (Wildman–Crippen MR) is 122 cm³/mol. The van der Waals surface area contributed by atoms with Gasteiger partial charge in [0, 0.05) is 4.88 Å². The lowest BCUT2D eigenvalue weighted by Gasteiger charge is -2.42. The van der Waals surface area contributed by atoms with Gasteiger partial charge in [-0.25, -0.2) is 0 Å². The van der Waals surface area contributed by atoms with Gasteiger partial charge < -0.3 is 5.32 Å². The maximum Gasteiger partial charge on any atom is 0.250 e. The maximum absolute atomic E-state index is 13.4. The smallest absolute Gasteiger partial charge is 0.250 e. The van der Waals surface area contributed by atoms with Gasteiger partial charge in [0.25, 0.3) is 0 Å². The number of thiophene rings is 1. The summed E-state index contributed by atoms with van der Waals surface area (Å²) < 4.78 is 0. The van der Waals surface area contributed by atoms with E-state index in [0.29, 0.717) is 5.69 Å². The first-order valence-electron chi connectivity index (χ1n) is 9.95. The number of fused-ring (bicyclic) bond motifs is 1. The minimum Gasteiger partial charge on any atom is -0.322 e. The van der Waals surface area contributed by atoms with E-state index in [0.717, 1.165) is 16.1 Å². The van der Waals surface area contributed by atoms with Crippen LogP contribution >= 0.6 is 11.3 Å². The van der Waals surface area contributed by atoms with Gasteiger partial charge in [0.1, 0.15) is 5.54 Å². The van der Waals surface area contributed by atoms with E-state index in [1.54, 1.807) is 30.1 Å². The zero-order valence-electron chi connectivity index (χ0n) is 17.3. The number of anilines is 2. The summed E-state index contributed by atoms with van der Waals surface area (Å²) in [5.74, 6) is -0.334. The number of hydrogen-bond donors (Lipinski definition) is 2. The lowest BCUT2D eigenvalue weighted by Crippen LogP contribution is -2.60. The van der Waals surface area contributed by atoms with Crippen molar-refractivity contribution < 1.29 is 9.59 Å². The topological polar surface area (TPSA) is 61.4 Å². The van der Waals surface area contributed by atoms with Gasteiger partial charge in [-0.1, -0.05) is 48.0 Å². The van der Waals surface area contributed by atoms with Gasteiger partial charge in [0.05, 0.1) is 24.0 Å². The highest BCUT2D eigenvalue weighted by Gasteiger charge is 2.43. The van der Waals surface area contributed by atoms with E-state index in [-0.39, 0.29) is 24.4 Å². The number of para-hydroxylation sites is 2. The SMILES string of the molecule is Cc1ccc([C@H](NCC(=O)N2c3ccccc3NC(=O)C2(C)C)c2cccs2)cc1. The Morgan fingerprint density at radius 3 is 2.53 bits per heavy atom. The van der Waals surface area contributed by atoms with Crippen LogP contribution in [-0.2, 0) is 9.59 Å². The standard InChI is InChI=1S/C24H25N3O2S/c1-16-10-12-17(13-11-16)22(20-9-6-14-30-20)25-15-21(28)27-19-8-5-4-7-18(19)26-23(29)24(27,2)3/h4-14,22,25H,15H2,1-3H3,(H,26,29)/t22-/m0/s1. The van der Waals surface area contributed by atoms with Crippen LogP contribution in [-0.4, -0.2) is 23.9 Å². The van der Waals surface area contributed by atoms with E-state index in [9.17, 15) is 9.59 Å². The summed E-state index contributed by atoms with van der Waals surface area (Å²) in [6, 6.07) is 19.7. The Morgan fingerprint density at radius 2 is 1.83 bits per heavy atom. The molecule has 0 spiro atoms. The van der Waals surface area contributed by atoms with E-state index in [1.807, 2.05) is 35.7 Å². The second-order valence-corrected chi connectivity index (χ2v) is 8.98. The molecule has 3 aromatic rings. The molecule has 30 heavy (non-hydrogen) atoms. The minimum atomic E-state index is -0.977. The molecule has 2 N–H and O–H groups in total. The Labute approximate surface area is 180 Å². The van der Waals surface area contributed by atoms with E-state index >= 15 is 0 Å². The van der Waals surface area contributed by atoms with Gasteiger partial charge in [-0.2, -0.15) is 0 Å². The fourth-order valence-corrected chi connectivity index (χ4v) is 4.59. The number of nitrogens with zero attached hydrogens (tertiary/aromatic N) is 1. The number of benzene rings is 2. The van der Waals surface area contributed by atoms with Crippen LogP contribution in [0.25, 0.3) is 0 Å². The van der Waals surface area contributed by atoms with Crippen molar-refractivity contribution >= 4 is 34.5 Å². The molecule has 0 radical (unpaired) electrons. The molecule has 0 aliphatic carbocycles. The highest BCUT2D eigenvalue weighted by Crippen LogP contribution is 2.36. The first kappa shape index (κ1) is 20.3. The number of carbonyl (C=O) groups excluding carboxylic acids is 2. The Balaban J connectivity index is 1.60. The zero-order chi connectivity index (χ0) is 21.3. The summed E-state index contributed by atoms with van der Waals surface area (Å²) in [5, 5.41) is 8.36. The lowest BCUT2D eigenvalue weighted by atomic mass is 9.96. The molecule has 1 atom stereocenters. The Kier molecular flexibility index (Phi) is 5.45. The monoisotopic (exact) mass is 419 g/mol. The van der Waals surface area contributed by atoms with Crippen molar-refractivity contribution in [3.63, 3.8) is 0 Å². The van der Waals surface area contributed by atoms with Crippen molar-refractivity contribution in [2.45, 2.75) is 32.4 Å². The molecule has 2 amide bonds. The predicted octanol–water partition coefficient (Wildman–Crippen LogP) is 4.50. The number of nitrogens with one attached hydrogen (secondary N) is 2. The molecule has 0 unspecified atom stereocenters.